The number of carbonyl (C=O) groups excluding carboxylic acids is 1. The quantitative estimate of drug-likeness (QED) is 0.637. The second-order valence-corrected chi connectivity index (χ2v) is 4.11. The maximum atomic E-state index is 11.4. The fourth-order valence-electron chi connectivity index (χ4n) is 1.73. The highest BCUT2D eigenvalue weighted by Gasteiger charge is 2.10. The SMILES string of the molecule is O=C(NOCCN1CCOCC1)Oc1ccccc1. The summed E-state index contributed by atoms with van der Waals surface area (Å²) >= 11 is 0. The molecule has 0 atom stereocenters. The van der Waals surface area contributed by atoms with Gasteiger partial charge in [-0.2, -0.15) is 5.48 Å². The minimum absolute atomic E-state index is 0.421. The zero-order valence-electron chi connectivity index (χ0n) is 10.7. The summed E-state index contributed by atoms with van der Waals surface area (Å²) in [5.74, 6) is 0.483. The third-order valence-corrected chi connectivity index (χ3v) is 2.72. The summed E-state index contributed by atoms with van der Waals surface area (Å²) < 4.78 is 10.2. The first-order valence-corrected chi connectivity index (χ1v) is 6.29. The lowest BCUT2D eigenvalue weighted by atomic mass is 10.3. The second-order valence-electron chi connectivity index (χ2n) is 4.11. The molecule has 0 radical (unpaired) electrons. The van der Waals surface area contributed by atoms with E-state index in [0.717, 1.165) is 32.8 Å². The highest BCUT2D eigenvalue weighted by Crippen LogP contribution is 2.07. The summed E-state index contributed by atoms with van der Waals surface area (Å²) in [6, 6.07) is 8.84. The number of hydrogen-bond donors (Lipinski definition) is 1. The number of carbonyl (C=O) groups is 1. The molecule has 0 unspecified atom stereocenters. The molecule has 1 heterocycles. The fraction of sp³-hybridized carbons (Fsp3) is 0.462. The smallest absolute Gasteiger partial charge is 0.409 e. The molecule has 1 N–H and O–H groups in total. The summed E-state index contributed by atoms with van der Waals surface area (Å²) in [6.45, 7) is 4.49. The van der Waals surface area contributed by atoms with Crippen LogP contribution in [0.3, 0.4) is 0 Å². The first-order chi connectivity index (χ1) is 9.34. The van der Waals surface area contributed by atoms with Crippen LogP contribution in [0.25, 0.3) is 0 Å². The number of benzene rings is 1. The molecule has 19 heavy (non-hydrogen) atoms. The predicted octanol–water partition coefficient (Wildman–Crippen LogP) is 1.04. The van der Waals surface area contributed by atoms with E-state index in [9.17, 15) is 4.79 Å². The number of nitrogens with one attached hydrogen (secondary N) is 1. The molecule has 6 nitrogen and oxygen atoms in total. The molecule has 104 valence electrons. The van der Waals surface area contributed by atoms with Gasteiger partial charge in [-0.3, -0.25) is 9.74 Å². The maximum Gasteiger partial charge on any atom is 0.436 e. The predicted molar refractivity (Wildman–Crippen MR) is 68.8 cm³/mol. The van der Waals surface area contributed by atoms with Crippen LogP contribution in [-0.4, -0.2) is 50.4 Å². The van der Waals surface area contributed by atoms with Crippen LogP contribution in [0.1, 0.15) is 0 Å². The lowest BCUT2D eigenvalue weighted by Crippen LogP contribution is -2.39. The molecule has 0 spiro atoms. The Hall–Kier alpha value is -1.63. The van der Waals surface area contributed by atoms with Crippen molar-refractivity contribution in [3.05, 3.63) is 30.3 Å². The summed E-state index contributed by atoms with van der Waals surface area (Å²) in [5, 5.41) is 0. The van der Waals surface area contributed by atoms with E-state index >= 15 is 0 Å². The number of morpholine rings is 1. The Morgan fingerprint density at radius 2 is 2.00 bits per heavy atom. The number of hydrogen-bond acceptors (Lipinski definition) is 5. The number of ether oxygens (including phenoxy) is 2. The van der Waals surface area contributed by atoms with E-state index in [2.05, 4.69) is 10.4 Å². The van der Waals surface area contributed by atoms with Crippen molar-refractivity contribution >= 4 is 6.09 Å². The van der Waals surface area contributed by atoms with E-state index in [1.165, 1.54) is 0 Å². The van der Waals surface area contributed by atoms with Gasteiger partial charge in [0.1, 0.15) is 5.75 Å². The van der Waals surface area contributed by atoms with Crippen molar-refractivity contribution in [1.82, 2.24) is 10.4 Å². The minimum atomic E-state index is -0.617. The Bertz CT molecular complexity index is 379. The van der Waals surface area contributed by atoms with Crippen LogP contribution in [0.5, 0.6) is 5.75 Å². The molecule has 6 heteroatoms. The second kappa shape index (κ2) is 7.73. The molecule has 0 saturated carbocycles. The van der Waals surface area contributed by atoms with Gasteiger partial charge in [0.15, 0.2) is 0 Å². The monoisotopic (exact) mass is 266 g/mol. The minimum Gasteiger partial charge on any atom is -0.409 e. The van der Waals surface area contributed by atoms with Gasteiger partial charge in [0.2, 0.25) is 0 Å². The van der Waals surface area contributed by atoms with Crippen LogP contribution in [0.4, 0.5) is 4.79 Å². The van der Waals surface area contributed by atoms with Gasteiger partial charge in [-0.1, -0.05) is 18.2 Å². The van der Waals surface area contributed by atoms with Crippen molar-refractivity contribution in [1.29, 1.82) is 0 Å². The first-order valence-electron chi connectivity index (χ1n) is 6.29. The van der Waals surface area contributed by atoms with E-state index in [0.29, 0.717) is 12.4 Å². The van der Waals surface area contributed by atoms with Crippen LogP contribution < -0.4 is 10.2 Å². The molecule has 0 bridgehead atoms. The van der Waals surface area contributed by atoms with Gasteiger partial charge in [0, 0.05) is 19.6 Å². The summed E-state index contributed by atoms with van der Waals surface area (Å²) in [5.41, 5.74) is 2.25. The largest absolute Gasteiger partial charge is 0.436 e. The van der Waals surface area contributed by atoms with Gasteiger partial charge in [0.05, 0.1) is 19.8 Å². The summed E-state index contributed by atoms with van der Waals surface area (Å²) in [6.07, 6.45) is -0.617. The Morgan fingerprint density at radius 3 is 2.74 bits per heavy atom. The van der Waals surface area contributed by atoms with E-state index in [4.69, 9.17) is 14.3 Å². The fourth-order valence-corrected chi connectivity index (χ4v) is 1.73. The van der Waals surface area contributed by atoms with Gasteiger partial charge < -0.3 is 9.47 Å². The molecule has 1 aliphatic heterocycles. The molecule has 1 amide bonds. The first kappa shape index (κ1) is 13.8. The lowest BCUT2D eigenvalue weighted by molar-refractivity contribution is 0.000310. The van der Waals surface area contributed by atoms with Crippen LogP contribution in [0.15, 0.2) is 30.3 Å². The third kappa shape index (κ3) is 5.25. The van der Waals surface area contributed by atoms with Crippen molar-refractivity contribution in [3.63, 3.8) is 0 Å². The number of para-hydroxylation sites is 1. The van der Waals surface area contributed by atoms with Gasteiger partial charge >= 0.3 is 6.09 Å². The average molecular weight is 266 g/mol. The van der Waals surface area contributed by atoms with Gasteiger partial charge in [-0.15, -0.1) is 0 Å². The van der Waals surface area contributed by atoms with E-state index in [-0.39, 0.29) is 0 Å². The van der Waals surface area contributed by atoms with Gasteiger partial charge in [-0.05, 0) is 12.1 Å². The van der Waals surface area contributed by atoms with Gasteiger partial charge in [0.25, 0.3) is 0 Å². The Balaban J connectivity index is 1.56. The maximum absolute atomic E-state index is 11.4. The molecule has 1 aromatic carbocycles. The Morgan fingerprint density at radius 1 is 1.26 bits per heavy atom. The van der Waals surface area contributed by atoms with Crippen LogP contribution >= 0.6 is 0 Å². The number of hydroxylamine groups is 1. The van der Waals surface area contributed by atoms with E-state index in [1.807, 2.05) is 6.07 Å². The summed E-state index contributed by atoms with van der Waals surface area (Å²) in [4.78, 5) is 18.7. The zero-order valence-corrected chi connectivity index (χ0v) is 10.7. The molecule has 0 aromatic heterocycles. The molecular weight excluding hydrogens is 248 g/mol. The zero-order chi connectivity index (χ0) is 13.3. The molecule has 2 rings (SSSR count). The van der Waals surface area contributed by atoms with Crippen molar-refractivity contribution in [2.75, 3.05) is 39.5 Å². The van der Waals surface area contributed by atoms with Crippen molar-refractivity contribution in [3.8, 4) is 5.75 Å². The Kier molecular flexibility index (Phi) is 5.61. The number of nitrogens with zero attached hydrogens (tertiary/aromatic N) is 1. The average Bonchev–Trinajstić information content (AvgIpc) is 2.46. The van der Waals surface area contributed by atoms with Crippen molar-refractivity contribution in [2.45, 2.75) is 0 Å². The molecular formula is C13H18N2O4. The van der Waals surface area contributed by atoms with Crippen LogP contribution in [0.2, 0.25) is 0 Å². The molecule has 1 aliphatic rings. The lowest BCUT2D eigenvalue weighted by Gasteiger charge is -2.26. The van der Waals surface area contributed by atoms with E-state index in [1.54, 1.807) is 24.3 Å². The molecule has 1 fully saturated rings. The van der Waals surface area contributed by atoms with Gasteiger partial charge in [-0.25, -0.2) is 4.79 Å². The highest BCUT2D eigenvalue weighted by molar-refractivity contribution is 5.68. The van der Waals surface area contributed by atoms with E-state index < -0.39 is 6.09 Å². The normalized spacial score (nSPS) is 16.0. The standard InChI is InChI=1S/C13H18N2O4/c16-13(19-12-4-2-1-3-5-12)14-18-11-8-15-6-9-17-10-7-15/h1-5H,6-11H2,(H,14,16). The number of rotatable bonds is 5. The highest BCUT2D eigenvalue weighted by atomic mass is 16.7. The molecule has 1 aromatic rings. The van der Waals surface area contributed by atoms with Crippen LogP contribution in [-0.2, 0) is 9.57 Å². The number of amides is 1. The van der Waals surface area contributed by atoms with Crippen LogP contribution in [0, 0.1) is 0 Å². The van der Waals surface area contributed by atoms with Crippen molar-refractivity contribution < 1.29 is 19.1 Å². The molecule has 0 aliphatic carbocycles. The summed E-state index contributed by atoms with van der Waals surface area (Å²) in [7, 11) is 0. The van der Waals surface area contributed by atoms with Crippen molar-refractivity contribution in [2.24, 2.45) is 0 Å². The Labute approximate surface area is 112 Å². The third-order valence-electron chi connectivity index (χ3n) is 2.72. The topological polar surface area (TPSA) is 60.0 Å². The molecule has 1 saturated heterocycles.